The van der Waals surface area contributed by atoms with E-state index in [1.807, 2.05) is 0 Å². The summed E-state index contributed by atoms with van der Waals surface area (Å²) in [6.07, 6.45) is 6.91. The SMILES string of the molecule is O=C([O-])Cc1cc2cc(O)ccc2[nH]1.[NH3+]C1CCCCC1. The number of carboxylic acids is 1. The van der Waals surface area contributed by atoms with Crippen molar-refractivity contribution in [2.75, 3.05) is 0 Å². The minimum absolute atomic E-state index is 0.143. The molecule has 0 atom stereocenters. The van der Waals surface area contributed by atoms with E-state index in [0.717, 1.165) is 16.9 Å². The Morgan fingerprint density at radius 1 is 1.29 bits per heavy atom. The Hall–Kier alpha value is -2.01. The molecule has 114 valence electrons. The number of quaternary nitrogens is 1. The number of H-pyrrole nitrogens is 1. The summed E-state index contributed by atoms with van der Waals surface area (Å²) in [5, 5.41) is 20.3. The lowest BCUT2D eigenvalue weighted by Gasteiger charge is -2.12. The minimum Gasteiger partial charge on any atom is -0.550 e. The molecule has 5 heteroatoms. The number of carbonyl (C=O) groups excluding carboxylic acids is 1. The fraction of sp³-hybridized carbons (Fsp3) is 0.438. The van der Waals surface area contributed by atoms with Crippen LogP contribution in [-0.4, -0.2) is 22.1 Å². The third kappa shape index (κ3) is 4.79. The zero-order chi connectivity index (χ0) is 15.2. The van der Waals surface area contributed by atoms with Gasteiger partial charge in [0.15, 0.2) is 0 Å². The third-order valence-corrected chi connectivity index (χ3v) is 3.72. The molecule has 0 radical (unpaired) electrons. The standard InChI is InChI=1S/C10H9NO3.C6H13N/c12-8-1-2-9-6(4-8)3-7(11-9)5-10(13)14;7-6-4-2-1-3-5-6/h1-4,11-12H,5H2,(H,13,14);6H,1-5,7H2. The van der Waals surface area contributed by atoms with Crippen LogP contribution >= 0.6 is 0 Å². The number of aromatic amines is 1. The molecule has 0 unspecified atom stereocenters. The Kier molecular flexibility index (Phi) is 5.22. The molecule has 1 saturated carbocycles. The van der Waals surface area contributed by atoms with Gasteiger partial charge in [0.05, 0.1) is 6.04 Å². The lowest BCUT2D eigenvalue weighted by atomic mass is 9.97. The van der Waals surface area contributed by atoms with Crippen LogP contribution in [0.1, 0.15) is 37.8 Å². The Balaban J connectivity index is 0.000000194. The molecule has 0 spiro atoms. The van der Waals surface area contributed by atoms with Gasteiger partial charge in [-0.15, -0.1) is 0 Å². The van der Waals surface area contributed by atoms with Gasteiger partial charge in [-0.3, -0.25) is 0 Å². The van der Waals surface area contributed by atoms with Gasteiger partial charge >= 0.3 is 0 Å². The van der Waals surface area contributed by atoms with Crippen molar-refractivity contribution in [2.24, 2.45) is 0 Å². The van der Waals surface area contributed by atoms with Crippen molar-refractivity contribution in [3.05, 3.63) is 30.0 Å². The monoisotopic (exact) mass is 290 g/mol. The van der Waals surface area contributed by atoms with Crippen molar-refractivity contribution in [1.29, 1.82) is 0 Å². The molecule has 21 heavy (non-hydrogen) atoms. The third-order valence-electron chi connectivity index (χ3n) is 3.72. The molecule has 2 aromatic rings. The van der Waals surface area contributed by atoms with E-state index in [-0.39, 0.29) is 12.2 Å². The number of hydrogen-bond donors (Lipinski definition) is 3. The summed E-state index contributed by atoms with van der Waals surface area (Å²) >= 11 is 0. The number of hydrogen-bond acceptors (Lipinski definition) is 3. The van der Waals surface area contributed by atoms with Crippen LogP contribution in [0.25, 0.3) is 10.9 Å². The highest BCUT2D eigenvalue weighted by Crippen LogP contribution is 2.20. The number of rotatable bonds is 2. The fourth-order valence-electron chi connectivity index (χ4n) is 2.62. The second-order valence-electron chi connectivity index (χ2n) is 5.62. The van der Waals surface area contributed by atoms with E-state index in [0.29, 0.717) is 5.69 Å². The van der Waals surface area contributed by atoms with Crippen molar-refractivity contribution in [3.63, 3.8) is 0 Å². The average Bonchev–Trinajstić information content (AvgIpc) is 2.80. The number of aromatic hydroxyl groups is 1. The Labute approximate surface area is 123 Å². The van der Waals surface area contributed by atoms with Crippen LogP contribution in [0.5, 0.6) is 5.75 Å². The highest BCUT2D eigenvalue weighted by molar-refractivity contribution is 5.83. The summed E-state index contributed by atoms with van der Waals surface area (Å²) in [5.74, 6) is -0.961. The summed E-state index contributed by atoms with van der Waals surface area (Å²) < 4.78 is 0. The Morgan fingerprint density at radius 2 is 2.00 bits per heavy atom. The average molecular weight is 290 g/mol. The smallest absolute Gasteiger partial charge is 0.116 e. The van der Waals surface area contributed by atoms with E-state index in [9.17, 15) is 15.0 Å². The molecular formula is C16H22N2O3. The van der Waals surface area contributed by atoms with Crippen LogP contribution in [0.3, 0.4) is 0 Å². The van der Waals surface area contributed by atoms with E-state index in [4.69, 9.17) is 0 Å². The molecule has 0 saturated heterocycles. The van der Waals surface area contributed by atoms with Gasteiger partial charge in [0, 0.05) is 29.0 Å². The van der Waals surface area contributed by atoms with Gasteiger partial charge in [0.25, 0.3) is 0 Å². The number of aromatic nitrogens is 1. The number of phenols is 1. The zero-order valence-electron chi connectivity index (χ0n) is 12.1. The van der Waals surface area contributed by atoms with Crippen molar-refractivity contribution < 1.29 is 20.7 Å². The predicted octanol–water partition coefficient (Wildman–Crippen LogP) is 0.727. The van der Waals surface area contributed by atoms with E-state index in [1.165, 1.54) is 32.1 Å². The topological polar surface area (TPSA) is 104 Å². The van der Waals surface area contributed by atoms with Gasteiger partial charge in [-0.1, -0.05) is 6.42 Å². The number of phenolic OH excluding ortho intramolecular Hbond substituents is 1. The largest absolute Gasteiger partial charge is 0.550 e. The number of carbonyl (C=O) groups is 1. The van der Waals surface area contributed by atoms with Crippen molar-refractivity contribution >= 4 is 16.9 Å². The predicted molar refractivity (Wildman–Crippen MR) is 78.4 cm³/mol. The van der Waals surface area contributed by atoms with Crippen molar-refractivity contribution in [1.82, 2.24) is 4.98 Å². The first kappa shape index (κ1) is 15.4. The minimum atomic E-state index is -1.12. The number of benzene rings is 1. The Morgan fingerprint density at radius 3 is 2.57 bits per heavy atom. The van der Waals surface area contributed by atoms with Gasteiger partial charge in [0.2, 0.25) is 0 Å². The normalized spacial score (nSPS) is 15.5. The maximum absolute atomic E-state index is 10.3. The maximum atomic E-state index is 10.3. The van der Waals surface area contributed by atoms with Crippen LogP contribution in [0, 0.1) is 0 Å². The maximum Gasteiger partial charge on any atom is 0.116 e. The number of carboxylic acid groups (broad SMARTS) is 1. The molecule has 1 fully saturated rings. The zero-order valence-corrected chi connectivity index (χ0v) is 12.1. The molecular weight excluding hydrogens is 268 g/mol. The highest BCUT2D eigenvalue weighted by atomic mass is 16.4. The van der Waals surface area contributed by atoms with Gasteiger partial charge in [-0.2, -0.15) is 0 Å². The van der Waals surface area contributed by atoms with Gasteiger partial charge in [-0.25, -0.2) is 0 Å². The summed E-state index contributed by atoms with van der Waals surface area (Å²) in [6, 6.07) is 7.29. The number of aliphatic carboxylic acids is 1. The van der Waals surface area contributed by atoms with Crippen LogP contribution < -0.4 is 10.8 Å². The van der Waals surface area contributed by atoms with Crippen molar-refractivity contribution in [2.45, 2.75) is 44.6 Å². The first-order valence-electron chi connectivity index (χ1n) is 7.38. The summed E-state index contributed by atoms with van der Waals surface area (Å²) in [4.78, 5) is 13.3. The molecule has 5 nitrogen and oxygen atoms in total. The number of nitrogens with one attached hydrogen (secondary N) is 1. The molecule has 1 aliphatic carbocycles. The fourth-order valence-corrected chi connectivity index (χ4v) is 2.62. The first-order chi connectivity index (χ1) is 10.0. The lowest BCUT2D eigenvalue weighted by molar-refractivity contribution is -0.425. The summed E-state index contributed by atoms with van der Waals surface area (Å²) in [7, 11) is 0. The van der Waals surface area contributed by atoms with E-state index >= 15 is 0 Å². The van der Waals surface area contributed by atoms with Crippen molar-refractivity contribution in [3.8, 4) is 5.75 Å². The molecule has 0 amide bonds. The van der Waals surface area contributed by atoms with E-state index in [2.05, 4.69) is 10.7 Å². The second-order valence-corrected chi connectivity index (χ2v) is 5.62. The quantitative estimate of drug-likeness (QED) is 0.759. The molecule has 0 bridgehead atoms. The molecule has 1 heterocycles. The van der Waals surface area contributed by atoms with E-state index in [1.54, 1.807) is 24.3 Å². The van der Waals surface area contributed by atoms with Gasteiger partial charge in [0.1, 0.15) is 5.75 Å². The van der Waals surface area contributed by atoms with Crippen LogP contribution in [0.2, 0.25) is 0 Å². The summed E-state index contributed by atoms with van der Waals surface area (Å²) in [6.45, 7) is 0. The first-order valence-corrected chi connectivity index (χ1v) is 7.38. The van der Waals surface area contributed by atoms with Gasteiger partial charge < -0.3 is 25.7 Å². The van der Waals surface area contributed by atoms with Crippen LogP contribution in [0.4, 0.5) is 0 Å². The van der Waals surface area contributed by atoms with Crippen LogP contribution in [-0.2, 0) is 11.2 Å². The molecule has 0 aliphatic heterocycles. The summed E-state index contributed by atoms with van der Waals surface area (Å²) in [5.41, 5.74) is 5.38. The van der Waals surface area contributed by atoms with Crippen LogP contribution in [0.15, 0.2) is 24.3 Å². The van der Waals surface area contributed by atoms with E-state index < -0.39 is 5.97 Å². The second kappa shape index (κ2) is 7.13. The molecule has 1 aromatic heterocycles. The molecule has 1 aliphatic rings. The molecule has 1 aromatic carbocycles. The molecule has 5 N–H and O–H groups in total. The number of fused-ring (bicyclic) bond motifs is 1. The lowest BCUT2D eigenvalue weighted by Crippen LogP contribution is -2.61. The molecule has 3 rings (SSSR count). The highest BCUT2D eigenvalue weighted by Gasteiger charge is 2.09. The van der Waals surface area contributed by atoms with Gasteiger partial charge in [-0.05, 0) is 49.9 Å². The Bertz CT molecular complexity index is 601.